The predicted molar refractivity (Wildman–Crippen MR) is 117 cm³/mol. The first-order valence-electron chi connectivity index (χ1n) is 10.5. The fourth-order valence-corrected chi connectivity index (χ4v) is 5.38. The minimum absolute atomic E-state index is 0.0420. The number of carbonyl (C=O) groups is 1. The van der Waals surface area contributed by atoms with E-state index in [1.165, 1.54) is 12.1 Å². The van der Waals surface area contributed by atoms with Gasteiger partial charge in [-0.15, -0.1) is 0 Å². The number of nitrogens with zero attached hydrogens (tertiary/aromatic N) is 3. The summed E-state index contributed by atoms with van der Waals surface area (Å²) in [6.45, 7) is 3.53. The molecule has 0 N–H and O–H groups in total. The summed E-state index contributed by atoms with van der Waals surface area (Å²) in [5.74, 6) is -0.315. The highest BCUT2D eigenvalue weighted by molar-refractivity contribution is 7.07. The minimum Gasteiger partial charge on any atom is -0.361 e. The van der Waals surface area contributed by atoms with Gasteiger partial charge < -0.3 is 9.64 Å². The molecule has 2 saturated heterocycles. The summed E-state index contributed by atoms with van der Waals surface area (Å²) in [7, 11) is 0. The molecule has 1 spiro atoms. The molecule has 5 rings (SSSR count). The van der Waals surface area contributed by atoms with Gasteiger partial charge >= 0.3 is 0 Å². The Balaban J connectivity index is 1.44. The first-order valence-corrected chi connectivity index (χ1v) is 11.4. The van der Waals surface area contributed by atoms with E-state index in [1.807, 2.05) is 28.6 Å². The average Bonchev–Trinajstić information content (AvgIpc) is 3.42. The van der Waals surface area contributed by atoms with Crippen LogP contribution in [-0.2, 0) is 22.6 Å². The lowest BCUT2D eigenvalue weighted by Crippen LogP contribution is -2.59. The van der Waals surface area contributed by atoms with Crippen LogP contribution in [0, 0.1) is 5.82 Å². The number of benzene rings is 1. The van der Waals surface area contributed by atoms with E-state index in [0.29, 0.717) is 39.3 Å². The number of hydrogen-bond donors (Lipinski definition) is 0. The van der Waals surface area contributed by atoms with Crippen molar-refractivity contribution in [3.8, 4) is 0 Å². The smallest absolute Gasteiger partial charge is 0.257 e. The van der Waals surface area contributed by atoms with Crippen LogP contribution in [0.2, 0.25) is 0 Å². The Kier molecular flexibility index (Phi) is 5.56. The molecule has 0 unspecified atom stereocenters. The second kappa shape index (κ2) is 8.49. The van der Waals surface area contributed by atoms with Crippen LogP contribution in [-0.4, -0.2) is 52.5 Å². The van der Waals surface area contributed by atoms with E-state index in [0.717, 1.165) is 16.7 Å². The number of pyridine rings is 1. The number of aromatic nitrogens is 1. The molecule has 5 nitrogen and oxygen atoms in total. The summed E-state index contributed by atoms with van der Waals surface area (Å²) in [6.07, 6.45) is 3.58. The van der Waals surface area contributed by atoms with E-state index < -0.39 is 5.60 Å². The maximum absolute atomic E-state index is 13.8. The minimum atomic E-state index is -0.933. The zero-order valence-corrected chi connectivity index (χ0v) is 17.9. The monoisotopic (exact) mass is 437 g/mol. The number of ether oxygens (including phenoxy) is 1. The third-order valence-corrected chi connectivity index (χ3v) is 6.92. The lowest BCUT2D eigenvalue weighted by atomic mass is 9.83. The van der Waals surface area contributed by atoms with Gasteiger partial charge in [0.2, 0.25) is 0 Å². The molecular formula is C24H24FN3O2S. The molecule has 7 heteroatoms. The van der Waals surface area contributed by atoms with Crippen LogP contribution in [0.4, 0.5) is 4.39 Å². The molecule has 160 valence electrons. The lowest BCUT2D eigenvalue weighted by Gasteiger charge is -2.42. The highest BCUT2D eigenvalue weighted by Crippen LogP contribution is 2.42. The summed E-state index contributed by atoms with van der Waals surface area (Å²) in [5.41, 5.74) is 2.24. The highest BCUT2D eigenvalue weighted by atomic mass is 32.1. The average molecular weight is 438 g/mol. The summed E-state index contributed by atoms with van der Waals surface area (Å²) in [4.78, 5) is 22.3. The van der Waals surface area contributed by atoms with E-state index in [9.17, 15) is 9.18 Å². The van der Waals surface area contributed by atoms with Gasteiger partial charge in [0, 0.05) is 51.0 Å². The quantitative estimate of drug-likeness (QED) is 0.611. The normalized spacial score (nSPS) is 24.2. The van der Waals surface area contributed by atoms with E-state index in [2.05, 4.69) is 21.3 Å². The maximum Gasteiger partial charge on any atom is 0.257 e. The Labute approximate surface area is 185 Å². The van der Waals surface area contributed by atoms with Gasteiger partial charge in [-0.25, -0.2) is 4.39 Å². The number of halogens is 1. The van der Waals surface area contributed by atoms with Crippen molar-refractivity contribution >= 4 is 17.2 Å². The van der Waals surface area contributed by atoms with Crippen molar-refractivity contribution in [1.82, 2.24) is 14.8 Å². The predicted octanol–water partition coefficient (Wildman–Crippen LogP) is 3.68. The number of likely N-dealkylation sites (tertiary alicyclic amines) is 1. The Morgan fingerprint density at radius 1 is 1.16 bits per heavy atom. The number of carbonyl (C=O) groups excluding carboxylic acids is 1. The van der Waals surface area contributed by atoms with Crippen molar-refractivity contribution in [1.29, 1.82) is 0 Å². The standard InChI is InChI=1S/C24H24FN3O2S/c25-21-5-3-18(4-6-21)13-27-15-22(20-2-1-8-26-12-20)24(17-27)23(29)28(9-10-30-24)14-19-7-11-31-16-19/h1-8,11-12,16,22H,9-10,13-15,17H2/t22-,24-/m1/s1. The molecule has 2 atom stereocenters. The fourth-order valence-electron chi connectivity index (χ4n) is 4.72. The van der Waals surface area contributed by atoms with Gasteiger partial charge in [-0.2, -0.15) is 11.3 Å². The second-order valence-corrected chi connectivity index (χ2v) is 9.01. The van der Waals surface area contributed by atoms with Crippen LogP contribution in [0.5, 0.6) is 0 Å². The van der Waals surface area contributed by atoms with Crippen molar-refractivity contribution in [2.24, 2.45) is 0 Å². The van der Waals surface area contributed by atoms with Crippen molar-refractivity contribution in [3.05, 3.63) is 88.1 Å². The van der Waals surface area contributed by atoms with Crippen LogP contribution < -0.4 is 0 Å². The van der Waals surface area contributed by atoms with Gasteiger partial charge in [0.15, 0.2) is 5.60 Å². The fraction of sp³-hybridized carbons (Fsp3) is 0.333. The van der Waals surface area contributed by atoms with Gasteiger partial charge in [-0.3, -0.25) is 14.7 Å². The molecule has 2 aliphatic rings. The van der Waals surface area contributed by atoms with Crippen LogP contribution in [0.3, 0.4) is 0 Å². The topological polar surface area (TPSA) is 45.7 Å². The molecule has 0 aliphatic carbocycles. The summed E-state index contributed by atoms with van der Waals surface area (Å²) < 4.78 is 19.7. The van der Waals surface area contributed by atoms with Gasteiger partial charge in [-0.1, -0.05) is 18.2 Å². The Bertz CT molecular complexity index is 1030. The molecular weight excluding hydrogens is 413 g/mol. The number of morpholine rings is 1. The van der Waals surface area contributed by atoms with Crippen molar-refractivity contribution in [3.63, 3.8) is 0 Å². The Morgan fingerprint density at radius 2 is 2.03 bits per heavy atom. The zero-order valence-electron chi connectivity index (χ0n) is 17.1. The van der Waals surface area contributed by atoms with Crippen molar-refractivity contribution in [2.45, 2.75) is 24.6 Å². The molecule has 0 bridgehead atoms. The molecule has 0 radical (unpaired) electrons. The maximum atomic E-state index is 13.8. The van der Waals surface area contributed by atoms with Crippen LogP contribution in [0.1, 0.15) is 22.6 Å². The molecule has 1 amide bonds. The first kappa shape index (κ1) is 20.3. The van der Waals surface area contributed by atoms with Crippen LogP contribution in [0.25, 0.3) is 0 Å². The highest BCUT2D eigenvalue weighted by Gasteiger charge is 2.56. The number of rotatable bonds is 5. The number of thiophene rings is 1. The van der Waals surface area contributed by atoms with Gasteiger partial charge in [-0.05, 0) is 51.7 Å². The van der Waals surface area contributed by atoms with Crippen LogP contribution in [0.15, 0.2) is 65.6 Å². The number of amides is 1. The Hall–Kier alpha value is -2.61. The zero-order chi connectivity index (χ0) is 21.3. The molecule has 1 aromatic carbocycles. The van der Waals surface area contributed by atoms with Crippen LogP contribution >= 0.6 is 11.3 Å². The third-order valence-electron chi connectivity index (χ3n) is 6.19. The largest absolute Gasteiger partial charge is 0.361 e. The van der Waals surface area contributed by atoms with Gasteiger partial charge in [0.1, 0.15) is 5.82 Å². The van der Waals surface area contributed by atoms with E-state index >= 15 is 0 Å². The summed E-state index contributed by atoms with van der Waals surface area (Å²) in [5, 5.41) is 4.12. The van der Waals surface area contributed by atoms with Crippen molar-refractivity contribution in [2.75, 3.05) is 26.2 Å². The number of hydrogen-bond acceptors (Lipinski definition) is 5. The molecule has 2 aliphatic heterocycles. The van der Waals surface area contributed by atoms with E-state index in [1.54, 1.807) is 29.7 Å². The van der Waals surface area contributed by atoms with Crippen molar-refractivity contribution < 1.29 is 13.9 Å². The molecule has 3 aromatic rings. The first-order chi connectivity index (χ1) is 15.1. The summed E-state index contributed by atoms with van der Waals surface area (Å²) in [6, 6.07) is 12.5. The van der Waals surface area contributed by atoms with Gasteiger partial charge in [0.25, 0.3) is 5.91 Å². The Morgan fingerprint density at radius 3 is 2.77 bits per heavy atom. The second-order valence-electron chi connectivity index (χ2n) is 8.23. The molecule has 31 heavy (non-hydrogen) atoms. The SMILES string of the molecule is O=C1N(Cc2ccsc2)CCO[C@@]12CN(Cc1ccc(F)cc1)C[C@@H]2c1cccnc1. The molecule has 0 saturated carbocycles. The third kappa shape index (κ3) is 4.01. The van der Waals surface area contributed by atoms with E-state index in [4.69, 9.17) is 4.74 Å². The molecule has 4 heterocycles. The molecule has 2 aromatic heterocycles. The van der Waals surface area contributed by atoms with E-state index in [-0.39, 0.29) is 17.6 Å². The summed E-state index contributed by atoms with van der Waals surface area (Å²) >= 11 is 1.64. The lowest BCUT2D eigenvalue weighted by molar-refractivity contribution is -0.173. The van der Waals surface area contributed by atoms with Gasteiger partial charge in [0.05, 0.1) is 6.61 Å². The molecule has 2 fully saturated rings.